The van der Waals surface area contributed by atoms with Crippen molar-refractivity contribution < 1.29 is 62.5 Å². The number of aliphatic hydroxyl groups excluding tert-OH is 1. The van der Waals surface area contributed by atoms with Crippen LogP contribution in [0.15, 0.2) is 65.7 Å². The Kier molecular flexibility index (Phi) is 10.5. The summed E-state index contributed by atoms with van der Waals surface area (Å²) in [5.41, 5.74) is -4.94. The van der Waals surface area contributed by atoms with Crippen LogP contribution in [0.5, 0.6) is 5.75 Å². The lowest BCUT2D eigenvalue weighted by molar-refractivity contribution is -0.369. The van der Waals surface area contributed by atoms with Crippen LogP contribution in [0.1, 0.15) is 77.2 Å². The summed E-state index contributed by atoms with van der Waals surface area (Å²) < 4.78 is 42.8. The third kappa shape index (κ3) is 6.38. The van der Waals surface area contributed by atoms with Gasteiger partial charge in [-0.15, -0.1) is 0 Å². The van der Waals surface area contributed by atoms with E-state index in [2.05, 4.69) is 0 Å². The Bertz CT molecular complexity index is 1800. The van der Waals surface area contributed by atoms with Crippen molar-refractivity contribution in [3.05, 3.63) is 76.9 Å². The molecule has 13 nitrogen and oxygen atoms in total. The van der Waals surface area contributed by atoms with E-state index in [1.165, 1.54) is 20.8 Å². The fourth-order valence-corrected chi connectivity index (χ4v) is 9.61. The normalized spacial score (nSPS) is 35.1. The summed E-state index contributed by atoms with van der Waals surface area (Å²) in [6.45, 7) is 10.4. The molecule has 2 N–H and O–H groups in total. The summed E-state index contributed by atoms with van der Waals surface area (Å²) in [6, 6.07) is 15.5. The van der Waals surface area contributed by atoms with Crippen LogP contribution in [0, 0.1) is 16.7 Å². The van der Waals surface area contributed by atoms with E-state index in [1.54, 1.807) is 77.3 Å². The lowest BCUT2D eigenvalue weighted by Gasteiger charge is -2.69. The third-order valence-corrected chi connectivity index (χ3v) is 12.3. The van der Waals surface area contributed by atoms with E-state index in [9.17, 15) is 29.4 Å². The van der Waals surface area contributed by atoms with E-state index < -0.39 is 88.5 Å². The van der Waals surface area contributed by atoms with Crippen molar-refractivity contribution in [2.75, 3.05) is 13.7 Å². The van der Waals surface area contributed by atoms with Gasteiger partial charge in [0.1, 0.15) is 35.8 Å². The van der Waals surface area contributed by atoms with Crippen LogP contribution in [0.3, 0.4) is 0 Å². The number of esters is 4. The minimum atomic E-state index is -2.11. The van der Waals surface area contributed by atoms with Crippen LogP contribution in [-0.2, 0) is 49.4 Å². The standard InChI is InChI=1S/C41H50O13/c1-22-29(51-23(2)42)19-41(47)36(53-37(46)27-12-10-9-11-13-27)34-39(7,35(45)33(52-24(3)43)32(22)38(41,5)6)30(18-31-40(34,21-50-31)54-25(4)44)49-20-26-14-16-28(48-8)17-15-26/h9-17,29-31,33-36,45,47H,18-21H2,1-8H3/t29-,30-,31+,33+,34-,35-,36-,39+,40-,41+/m0/s1. The molecule has 1 heterocycles. The van der Waals surface area contributed by atoms with E-state index in [-0.39, 0.29) is 31.6 Å². The number of aliphatic hydroxyl groups is 2. The maximum Gasteiger partial charge on any atom is 0.338 e. The van der Waals surface area contributed by atoms with Gasteiger partial charge in [0, 0.05) is 44.4 Å². The smallest absolute Gasteiger partial charge is 0.338 e. The number of ether oxygens (including phenoxy) is 7. The Morgan fingerprint density at radius 1 is 0.889 bits per heavy atom. The molecule has 10 atom stereocenters. The van der Waals surface area contributed by atoms with Gasteiger partial charge in [0.05, 0.1) is 37.9 Å². The maximum absolute atomic E-state index is 14.3. The van der Waals surface area contributed by atoms with Gasteiger partial charge in [-0.3, -0.25) is 14.4 Å². The first-order valence-corrected chi connectivity index (χ1v) is 18.2. The molecule has 3 aliphatic carbocycles. The first kappa shape index (κ1) is 39.4. The molecule has 54 heavy (non-hydrogen) atoms. The molecule has 1 aliphatic heterocycles. The second kappa shape index (κ2) is 14.4. The Hall–Kier alpha value is -4.30. The Morgan fingerprint density at radius 3 is 2.09 bits per heavy atom. The zero-order chi connectivity index (χ0) is 39.4. The maximum atomic E-state index is 14.3. The molecule has 0 aromatic heterocycles. The van der Waals surface area contributed by atoms with Gasteiger partial charge >= 0.3 is 23.9 Å². The number of hydrogen-bond acceptors (Lipinski definition) is 13. The molecule has 6 rings (SSSR count). The van der Waals surface area contributed by atoms with Crippen molar-refractivity contribution in [3.8, 4) is 5.75 Å². The molecule has 292 valence electrons. The van der Waals surface area contributed by atoms with Crippen LogP contribution >= 0.6 is 0 Å². The summed E-state index contributed by atoms with van der Waals surface area (Å²) in [4.78, 5) is 52.8. The summed E-state index contributed by atoms with van der Waals surface area (Å²) >= 11 is 0. The van der Waals surface area contributed by atoms with Crippen molar-refractivity contribution in [3.63, 3.8) is 0 Å². The van der Waals surface area contributed by atoms with Gasteiger partial charge < -0.3 is 43.4 Å². The van der Waals surface area contributed by atoms with Gasteiger partial charge in [-0.25, -0.2) is 4.79 Å². The SMILES string of the molecule is COc1ccc(CO[C@H]2C[C@H]3OC[C@@]3(OC(C)=O)[C@H]3[C@H](OC(=O)c4ccccc4)[C@]4(O)C[C@H](OC(C)=O)C(C)=C([C@@H](OC(C)=O)[C@H](O)[C@]23C)C4(C)C)cc1. The lowest BCUT2D eigenvalue weighted by atomic mass is 9.44. The van der Waals surface area contributed by atoms with Gasteiger partial charge in [0.2, 0.25) is 0 Å². The average Bonchev–Trinajstić information content (AvgIpc) is 3.10. The molecule has 0 unspecified atom stereocenters. The van der Waals surface area contributed by atoms with Crippen molar-refractivity contribution >= 4 is 23.9 Å². The Balaban J connectivity index is 1.63. The van der Waals surface area contributed by atoms with Crippen LogP contribution in [-0.4, -0.2) is 95.6 Å². The minimum absolute atomic E-state index is 0.0652. The van der Waals surface area contributed by atoms with E-state index in [4.69, 9.17) is 33.2 Å². The fraction of sp³-hybridized carbons (Fsp3) is 0.561. The molecule has 1 saturated heterocycles. The van der Waals surface area contributed by atoms with Gasteiger partial charge in [-0.05, 0) is 47.9 Å². The molecular weight excluding hydrogens is 700 g/mol. The van der Waals surface area contributed by atoms with Crippen LogP contribution in [0.2, 0.25) is 0 Å². The molecule has 3 fully saturated rings. The van der Waals surface area contributed by atoms with Crippen molar-refractivity contribution in [1.82, 2.24) is 0 Å². The number of hydrogen-bond donors (Lipinski definition) is 2. The quantitative estimate of drug-likeness (QED) is 0.212. The minimum Gasteiger partial charge on any atom is -0.497 e. The molecule has 4 aliphatic rings. The van der Waals surface area contributed by atoms with Crippen molar-refractivity contribution in [2.24, 2.45) is 16.7 Å². The monoisotopic (exact) mass is 750 g/mol. The van der Waals surface area contributed by atoms with Crippen LogP contribution < -0.4 is 4.74 Å². The zero-order valence-electron chi connectivity index (χ0n) is 32.0. The highest BCUT2D eigenvalue weighted by molar-refractivity contribution is 5.89. The number of methoxy groups -OCH3 is 1. The largest absolute Gasteiger partial charge is 0.497 e. The third-order valence-electron chi connectivity index (χ3n) is 12.3. The van der Waals surface area contributed by atoms with E-state index in [1.807, 2.05) is 12.1 Å². The highest BCUT2D eigenvalue weighted by atomic mass is 16.6. The zero-order valence-corrected chi connectivity index (χ0v) is 32.0. The molecule has 13 heteroatoms. The van der Waals surface area contributed by atoms with Crippen molar-refractivity contribution in [2.45, 2.75) is 116 Å². The first-order chi connectivity index (χ1) is 25.4. The summed E-state index contributed by atoms with van der Waals surface area (Å²) in [5, 5.41) is 26.6. The predicted molar refractivity (Wildman–Crippen MR) is 191 cm³/mol. The molecule has 2 saturated carbocycles. The predicted octanol–water partition coefficient (Wildman–Crippen LogP) is 4.25. The molecule has 2 aromatic carbocycles. The molecule has 2 aromatic rings. The van der Waals surface area contributed by atoms with E-state index in [0.29, 0.717) is 16.9 Å². The molecule has 2 bridgehead atoms. The lowest BCUT2D eigenvalue weighted by Crippen LogP contribution is -2.82. The highest BCUT2D eigenvalue weighted by Crippen LogP contribution is 2.66. The molecule has 0 spiro atoms. The second-order valence-electron chi connectivity index (χ2n) is 15.7. The van der Waals surface area contributed by atoms with Gasteiger partial charge in [0.25, 0.3) is 0 Å². The number of carbonyl (C=O) groups excluding carboxylic acids is 4. The molecular formula is C41H50O13. The number of fused-ring (bicyclic) bond motifs is 5. The van der Waals surface area contributed by atoms with Crippen LogP contribution in [0.25, 0.3) is 0 Å². The highest BCUT2D eigenvalue weighted by Gasteiger charge is 2.78. The summed E-state index contributed by atoms with van der Waals surface area (Å²) in [7, 11) is 1.56. The molecule has 0 amide bonds. The summed E-state index contributed by atoms with van der Waals surface area (Å²) in [5.74, 6) is -3.39. The topological polar surface area (TPSA) is 173 Å². The number of carbonyl (C=O) groups is 4. The number of benzene rings is 2. The van der Waals surface area contributed by atoms with Gasteiger partial charge in [-0.1, -0.05) is 51.1 Å². The van der Waals surface area contributed by atoms with E-state index >= 15 is 0 Å². The second-order valence-corrected chi connectivity index (χ2v) is 15.7. The number of rotatable bonds is 9. The van der Waals surface area contributed by atoms with Crippen LogP contribution in [0.4, 0.5) is 0 Å². The molecule has 0 radical (unpaired) electrons. The van der Waals surface area contributed by atoms with Crippen molar-refractivity contribution in [1.29, 1.82) is 0 Å². The summed E-state index contributed by atoms with van der Waals surface area (Å²) in [6.07, 6.45) is -7.53. The Morgan fingerprint density at radius 2 is 1.54 bits per heavy atom. The Labute approximate surface area is 314 Å². The fourth-order valence-electron chi connectivity index (χ4n) is 9.61. The first-order valence-electron chi connectivity index (χ1n) is 18.2. The van der Waals surface area contributed by atoms with Gasteiger partial charge in [-0.2, -0.15) is 0 Å². The van der Waals surface area contributed by atoms with Gasteiger partial charge in [0.15, 0.2) is 11.7 Å². The average molecular weight is 751 g/mol. The van der Waals surface area contributed by atoms with E-state index in [0.717, 1.165) is 5.56 Å².